The Kier molecular flexibility index (Phi) is 6.22. The molecule has 0 radical (unpaired) electrons. The number of rotatable bonds is 8. The lowest BCUT2D eigenvalue weighted by molar-refractivity contribution is 0.287. The summed E-state index contributed by atoms with van der Waals surface area (Å²) < 4.78 is 36.2. The van der Waals surface area contributed by atoms with Gasteiger partial charge in [0.2, 0.25) is 10.0 Å². The van der Waals surface area contributed by atoms with Gasteiger partial charge in [0.05, 0.1) is 27.7 Å². The van der Waals surface area contributed by atoms with Crippen LogP contribution in [0.5, 0.6) is 5.75 Å². The van der Waals surface area contributed by atoms with Crippen LogP contribution in [0.1, 0.15) is 12.5 Å². The van der Waals surface area contributed by atoms with Crippen LogP contribution in [0, 0.1) is 0 Å². The lowest BCUT2D eigenvalue weighted by Gasteiger charge is -2.15. The molecule has 0 spiro atoms. The molecule has 160 valence electrons. The third kappa shape index (κ3) is 5.04. The first-order valence-electron chi connectivity index (χ1n) is 9.80. The summed E-state index contributed by atoms with van der Waals surface area (Å²) in [5, 5.41) is 0. The SMILES string of the molecule is C[C@H](COc1ccccc1)NS(=O)(=O)c1ccc2c(c1)sc(=O)n2Cc1ccccc1. The van der Waals surface area contributed by atoms with Gasteiger partial charge in [-0.05, 0) is 42.8 Å². The lowest BCUT2D eigenvalue weighted by Crippen LogP contribution is -2.36. The van der Waals surface area contributed by atoms with Crippen LogP contribution in [0.3, 0.4) is 0 Å². The summed E-state index contributed by atoms with van der Waals surface area (Å²) in [5.74, 6) is 0.680. The normalized spacial score (nSPS) is 12.7. The first-order valence-corrected chi connectivity index (χ1v) is 12.1. The van der Waals surface area contributed by atoms with Crippen LogP contribution in [-0.4, -0.2) is 25.6 Å². The number of para-hydroxylation sites is 1. The van der Waals surface area contributed by atoms with Crippen molar-refractivity contribution < 1.29 is 13.2 Å². The number of hydrogen-bond donors (Lipinski definition) is 1. The molecular weight excluding hydrogens is 432 g/mol. The van der Waals surface area contributed by atoms with E-state index in [0.29, 0.717) is 17.0 Å². The first-order chi connectivity index (χ1) is 14.9. The molecule has 4 rings (SSSR count). The number of aromatic nitrogens is 1. The minimum atomic E-state index is -3.75. The maximum absolute atomic E-state index is 12.8. The molecule has 1 N–H and O–H groups in total. The van der Waals surface area contributed by atoms with Crippen molar-refractivity contribution in [3.63, 3.8) is 0 Å². The molecule has 0 bridgehead atoms. The highest BCUT2D eigenvalue weighted by Crippen LogP contribution is 2.23. The number of nitrogens with one attached hydrogen (secondary N) is 1. The third-order valence-corrected chi connectivity index (χ3v) is 7.26. The van der Waals surface area contributed by atoms with E-state index in [9.17, 15) is 13.2 Å². The highest BCUT2D eigenvalue weighted by Gasteiger charge is 2.20. The van der Waals surface area contributed by atoms with E-state index >= 15 is 0 Å². The van der Waals surface area contributed by atoms with Crippen LogP contribution in [-0.2, 0) is 16.6 Å². The molecule has 6 nitrogen and oxygen atoms in total. The lowest BCUT2D eigenvalue weighted by atomic mass is 10.2. The van der Waals surface area contributed by atoms with Crippen LogP contribution in [0.25, 0.3) is 10.2 Å². The smallest absolute Gasteiger partial charge is 0.308 e. The summed E-state index contributed by atoms with van der Waals surface area (Å²) in [6.45, 7) is 2.39. The quantitative estimate of drug-likeness (QED) is 0.439. The molecule has 1 heterocycles. The molecule has 3 aromatic carbocycles. The highest BCUT2D eigenvalue weighted by atomic mass is 32.2. The van der Waals surface area contributed by atoms with Crippen molar-refractivity contribution in [1.82, 2.24) is 9.29 Å². The van der Waals surface area contributed by atoms with Gasteiger partial charge in [-0.25, -0.2) is 13.1 Å². The van der Waals surface area contributed by atoms with E-state index in [-0.39, 0.29) is 16.4 Å². The van der Waals surface area contributed by atoms with E-state index in [2.05, 4.69) is 4.72 Å². The summed E-state index contributed by atoms with van der Waals surface area (Å²) in [6, 6.07) is 23.3. The van der Waals surface area contributed by atoms with E-state index in [1.54, 1.807) is 23.6 Å². The maximum atomic E-state index is 12.8. The summed E-state index contributed by atoms with van der Waals surface area (Å²) in [5.41, 5.74) is 1.73. The fourth-order valence-corrected chi connectivity index (χ4v) is 5.49. The maximum Gasteiger partial charge on any atom is 0.308 e. The van der Waals surface area contributed by atoms with E-state index in [1.807, 2.05) is 60.7 Å². The summed E-state index contributed by atoms with van der Waals surface area (Å²) in [4.78, 5) is 12.5. The van der Waals surface area contributed by atoms with Gasteiger partial charge < -0.3 is 4.74 Å². The summed E-state index contributed by atoms with van der Waals surface area (Å²) >= 11 is 1.05. The average molecular weight is 455 g/mol. The molecule has 1 atom stereocenters. The van der Waals surface area contributed by atoms with Gasteiger partial charge in [-0.3, -0.25) is 9.36 Å². The molecular formula is C23H22N2O4S2. The van der Waals surface area contributed by atoms with Gasteiger partial charge in [0.25, 0.3) is 0 Å². The van der Waals surface area contributed by atoms with Gasteiger partial charge >= 0.3 is 4.87 Å². The molecule has 0 aliphatic rings. The largest absolute Gasteiger partial charge is 0.492 e. The van der Waals surface area contributed by atoms with Gasteiger partial charge in [0, 0.05) is 0 Å². The van der Waals surface area contributed by atoms with Gasteiger partial charge in [-0.15, -0.1) is 0 Å². The fraction of sp³-hybridized carbons (Fsp3) is 0.174. The average Bonchev–Trinajstić information content (AvgIpc) is 3.08. The Hall–Kier alpha value is -2.94. The van der Waals surface area contributed by atoms with Crippen LogP contribution < -0.4 is 14.3 Å². The number of ether oxygens (including phenoxy) is 1. The molecule has 0 unspecified atom stereocenters. The van der Waals surface area contributed by atoms with Crippen molar-refractivity contribution in [2.45, 2.75) is 24.4 Å². The monoisotopic (exact) mass is 454 g/mol. The van der Waals surface area contributed by atoms with Gasteiger partial charge in [0.1, 0.15) is 12.4 Å². The van der Waals surface area contributed by atoms with Crippen molar-refractivity contribution in [1.29, 1.82) is 0 Å². The number of thiazole rings is 1. The van der Waals surface area contributed by atoms with Crippen molar-refractivity contribution in [3.8, 4) is 5.75 Å². The molecule has 4 aromatic rings. The second-order valence-corrected chi connectivity index (χ2v) is 9.92. The van der Waals surface area contributed by atoms with E-state index in [4.69, 9.17) is 4.74 Å². The fourth-order valence-electron chi connectivity index (χ4n) is 3.23. The Morgan fingerprint density at radius 3 is 2.39 bits per heavy atom. The van der Waals surface area contributed by atoms with E-state index in [1.165, 1.54) is 6.07 Å². The Balaban J connectivity index is 1.51. The predicted molar refractivity (Wildman–Crippen MR) is 123 cm³/mol. The van der Waals surface area contributed by atoms with E-state index < -0.39 is 16.1 Å². The number of fused-ring (bicyclic) bond motifs is 1. The van der Waals surface area contributed by atoms with Gasteiger partial charge in [-0.1, -0.05) is 59.9 Å². The molecule has 0 saturated carbocycles. The Morgan fingerprint density at radius 1 is 1.00 bits per heavy atom. The number of hydrogen-bond acceptors (Lipinski definition) is 5. The zero-order valence-corrected chi connectivity index (χ0v) is 18.5. The van der Waals surface area contributed by atoms with Gasteiger partial charge in [0.15, 0.2) is 0 Å². The molecule has 8 heteroatoms. The molecule has 0 fully saturated rings. The minimum Gasteiger partial charge on any atom is -0.492 e. The van der Waals surface area contributed by atoms with Crippen LogP contribution in [0.4, 0.5) is 0 Å². The number of benzene rings is 3. The molecule has 31 heavy (non-hydrogen) atoms. The molecule has 0 aliphatic heterocycles. The van der Waals surface area contributed by atoms with Crippen LogP contribution in [0.2, 0.25) is 0 Å². The zero-order chi connectivity index (χ0) is 21.8. The van der Waals surface area contributed by atoms with Crippen LogP contribution in [0.15, 0.2) is 88.6 Å². The minimum absolute atomic E-state index is 0.119. The van der Waals surface area contributed by atoms with Crippen LogP contribution >= 0.6 is 11.3 Å². The standard InChI is InChI=1S/C23H22N2O4S2/c1-17(16-29-19-10-6-3-7-11-19)24-31(27,28)20-12-13-21-22(14-20)30-23(26)25(21)15-18-8-4-2-5-9-18/h2-14,17,24H,15-16H2,1H3/t17-/m1/s1. The molecule has 0 amide bonds. The molecule has 1 aromatic heterocycles. The molecule has 0 saturated heterocycles. The Morgan fingerprint density at radius 2 is 1.68 bits per heavy atom. The van der Waals surface area contributed by atoms with Crippen molar-refractivity contribution in [3.05, 3.63) is 94.1 Å². The Labute approximate surface area is 184 Å². The zero-order valence-electron chi connectivity index (χ0n) is 16.9. The number of sulfonamides is 1. The van der Waals surface area contributed by atoms with E-state index in [0.717, 1.165) is 22.4 Å². The second kappa shape index (κ2) is 9.05. The summed E-state index contributed by atoms with van der Waals surface area (Å²) in [6.07, 6.45) is 0. The first kappa shape index (κ1) is 21.3. The van der Waals surface area contributed by atoms with Crippen molar-refractivity contribution >= 4 is 31.6 Å². The molecule has 0 aliphatic carbocycles. The van der Waals surface area contributed by atoms with Crippen molar-refractivity contribution in [2.24, 2.45) is 0 Å². The number of nitrogens with zero attached hydrogens (tertiary/aromatic N) is 1. The third-order valence-electron chi connectivity index (χ3n) is 4.73. The summed E-state index contributed by atoms with van der Waals surface area (Å²) in [7, 11) is -3.75. The second-order valence-electron chi connectivity index (χ2n) is 7.22. The van der Waals surface area contributed by atoms with Gasteiger partial charge in [-0.2, -0.15) is 0 Å². The highest BCUT2D eigenvalue weighted by molar-refractivity contribution is 7.89. The van der Waals surface area contributed by atoms with Crippen molar-refractivity contribution in [2.75, 3.05) is 6.61 Å². The Bertz CT molecular complexity index is 1330. The topological polar surface area (TPSA) is 77.4 Å². The predicted octanol–water partition coefficient (Wildman–Crippen LogP) is 3.86.